The molecule has 1 atom stereocenters. The lowest BCUT2D eigenvalue weighted by molar-refractivity contribution is -0.156. The van der Waals surface area contributed by atoms with Crippen LogP contribution in [-0.2, 0) is 15.0 Å². The number of carbonyl (C=O) groups excluding carboxylic acids is 1. The third kappa shape index (κ3) is 3.11. The number of amides is 1. The lowest BCUT2D eigenvalue weighted by atomic mass is 9.78. The molecule has 0 aromatic heterocycles. The Hall–Kier alpha value is -1.95. The highest BCUT2D eigenvalue weighted by Crippen LogP contribution is 2.41. The van der Waals surface area contributed by atoms with Gasteiger partial charge in [0.2, 0.25) is 5.91 Å². The zero-order valence-electron chi connectivity index (χ0n) is 12.4. The number of hydrogen-bond donors (Lipinski definition) is 3. The van der Waals surface area contributed by atoms with Crippen molar-refractivity contribution in [2.45, 2.75) is 43.6 Å². The van der Waals surface area contributed by atoms with Gasteiger partial charge in [-0.15, -0.1) is 0 Å². The highest BCUT2D eigenvalue weighted by Gasteiger charge is 2.43. The van der Waals surface area contributed by atoms with E-state index in [1.807, 2.05) is 0 Å². The van der Waals surface area contributed by atoms with Crippen molar-refractivity contribution in [1.82, 2.24) is 5.32 Å². The van der Waals surface area contributed by atoms with E-state index in [0.717, 1.165) is 25.3 Å². The van der Waals surface area contributed by atoms with Gasteiger partial charge in [0, 0.05) is 0 Å². The molecule has 1 saturated carbocycles. The highest BCUT2D eigenvalue weighted by atomic mass is 19.1. The molecule has 1 amide bonds. The molecule has 0 aliphatic heterocycles. The molecule has 1 aliphatic rings. The van der Waals surface area contributed by atoms with Gasteiger partial charge in [-0.05, 0) is 37.5 Å². The number of rotatable bonds is 5. The van der Waals surface area contributed by atoms with Gasteiger partial charge in [-0.2, -0.15) is 0 Å². The number of aliphatic hydroxyl groups is 1. The lowest BCUT2D eigenvalue weighted by Crippen LogP contribution is -2.51. The Balaban J connectivity index is 2.19. The first-order valence-electron chi connectivity index (χ1n) is 7.28. The van der Waals surface area contributed by atoms with Crippen LogP contribution in [0.1, 0.15) is 38.2 Å². The molecule has 22 heavy (non-hydrogen) atoms. The summed E-state index contributed by atoms with van der Waals surface area (Å²) in [5.41, 5.74) is -2.07. The number of nitrogens with one attached hydrogen (secondary N) is 1. The fourth-order valence-electron chi connectivity index (χ4n) is 2.89. The molecule has 2 rings (SSSR count). The van der Waals surface area contributed by atoms with Crippen molar-refractivity contribution in [3.8, 4) is 0 Å². The average molecular weight is 309 g/mol. The first kappa shape index (κ1) is 16.4. The van der Waals surface area contributed by atoms with E-state index < -0.39 is 17.0 Å². The minimum atomic E-state index is -2.02. The summed E-state index contributed by atoms with van der Waals surface area (Å²) in [6, 6.07) is 5.82. The minimum Gasteiger partial charge on any atom is -0.479 e. The molecule has 0 heterocycles. The third-order valence-corrected chi connectivity index (χ3v) is 4.34. The van der Waals surface area contributed by atoms with Gasteiger partial charge in [-0.1, -0.05) is 25.0 Å². The van der Waals surface area contributed by atoms with E-state index in [1.54, 1.807) is 12.1 Å². The maximum atomic E-state index is 13.1. The quantitative estimate of drug-likeness (QED) is 0.771. The second kappa shape index (κ2) is 6.04. The number of halogens is 1. The van der Waals surface area contributed by atoms with Crippen LogP contribution >= 0.6 is 0 Å². The molecule has 0 radical (unpaired) electrons. The molecule has 1 unspecified atom stereocenters. The fraction of sp³-hybridized carbons (Fsp3) is 0.500. The maximum Gasteiger partial charge on any atom is 0.337 e. The third-order valence-electron chi connectivity index (χ3n) is 4.34. The molecule has 1 aromatic rings. The SMILES string of the molecule is CC(O)(CNC(=O)C1(c2ccc(F)cc2)CCCC1)C(=O)O. The Labute approximate surface area is 128 Å². The van der Waals surface area contributed by atoms with Crippen molar-refractivity contribution in [3.05, 3.63) is 35.6 Å². The average Bonchev–Trinajstić information content (AvgIpc) is 2.96. The zero-order chi connectivity index (χ0) is 16.4. The molecule has 1 aliphatic carbocycles. The lowest BCUT2D eigenvalue weighted by Gasteiger charge is -2.30. The maximum absolute atomic E-state index is 13.1. The van der Waals surface area contributed by atoms with Crippen LogP contribution in [0, 0.1) is 5.82 Å². The molecule has 1 aromatic carbocycles. The smallest absolute Gasteiger partial charge is 0.337 e. The van der Waals surface area contributed by atoms with Crippen LogP contribution in [0.15, 0.2) is 24.3 Å². The molecule has 120 valence electrons. The van der Waals surface area contributed by atoms with Gasteiger partial charge in [0.05, 0.1) is 12.0 Å². The molecule has 0 bridgehead atoms. The van der Waals surface area contributed by atoms with Crippen molar-refractivity contribution in [2.75, 3.05) is 6.54 Å². The number of carboxylic acid groups (broad SMARTS) is 1. The Morgan fingerprint density at radius 3 is 2.32 bits per heavy atom. The summed E-state index contributed by atoms with van der Waals surface area (Å²) in [7, 11) is 0. The predicted octanol–water partition coefficient (Wildman–Crippen LogP) is 1.59. The van der Waals surface area contributed by atoms with E-state index >= 15 is 0 Å². The summed E-state index contributed by atoms with van der Waals surface area (Å²) in [4.78, 5) is 23.5. The van der Waals surface area contributed by atoms with Crippen molar-refractivity contribution >= 4 is 11.9 Å². The monoisotopic (exact) mass is 309 g/mol. The molecule has 0 saturated heterocycles. The van der Waals surface area contributed by atoms with Gasteiger partial charge < -0.3 is 15.5 Å². The Kier molecular flexibility index (Phi) is 4.51. The molecule has 0 spiro atoms. The summed E-state index contributed by atoms with van der Waals surface area (Å²) in [6.07, 6.45) is 3.00. The van der Waals surface area contributed by atoms with Crippen molar-refractivity contribution < 1.29 is 24.2 Å². The normalized spacial score (nSPS) is 19.4. The molecule has 6 heteroatoms. The van der Waals surface area contributed by atoms with Crippen LogP contribution in [0.5, 0.6) is 0 Å². The number of benzene rings is 1. The number of carbonyl (C=O) groups is 2. The second-order valence-electron chi connectivity index (χ2n) is 6.06. The van der Waals surface area contributed by atoms with E-state index in [4.69, 9.17) is 5.11 Å². The van der Waals surface area contributed by atoms with Gasteiger partial charge in [-0.25, -0.2) is 9.18 Å². The topological polar surface area (TPSA) is 86.6 Å². The van der Waals surface area contributed by atoms with Crippen LogP contribution in [0.3, 0.4) is 0 Å². The van der Waals surface area contributed by atoms with Crippen LogP contribution in [0.25, 0.3) is 0 Å². The number of carboxylic acids is 1. The summed E-state index contributed by atoms with van der Waals surface area (Å²) >= 11 is 0. The summed E-state index contributed by atoms with van der Waals surface area (Å²) in [5, 5.41) is 21.1. The highest BCUT2D eigenvalue weighted by molar-refractivity contribution is 5.89. The Morgan fingerprint density at radius 1 is 1.27 bits per heavy atom. The standard InChI is InChI=1S/C16H20FNO4/c1-15(22,14(20)21)10-18-13(19)16(8-2-3-9-16)11-4-6-12(17)7-5-11/h4-7,22H,2-3,8-10H2,1H3,(H,18,19)(H,20,21). The van der Waals surface area contributed by atoms with Crippen LogP contribution < -0.4 is 5.32 Å². The predicted molar refractivity (Wildman–Crippen MR) is 77.8 cm³/mol. The minimum absolute atomic E-state index is 0.321. The van der Waals surface area contributed by atoms with Crippen LogP contribution in [0.2, 0.25) is 0 Å². The van der Waals surface area contributed by atoms with E-state index in [9.17, 15) is 19.1 Å². The first-order chi connectivity index (χ1) is 10.3. The summed E-state index contributed by atoms with van der Waals surface area (Å²) in [6.45, 7) is 0.763. The molecule has 5 nitrogen and oxygen atoms in total. The van der Waals surface area contributed by atoms with Crippen LogP contribution in [-0.4, -0.2) is 34.2 Å². The fourth-order valence-corrected chi connectivity index (χ4v) is 2.89. The molecule has 3 N–H and O–H groups in total. The van der Waals surface area contributed by atoms with E-state index in [-0.39, 0.29) is 18.3 Å². The van der Waals surface area contributed by atoms with Crippen molar-refractivity contribution in [3.63, 3.8) is 0 Å². The van der Waals surface area contributed by atoms with Gasteiger partial charge >= 0.3 is 5.97 Å². The molecule has 1 fully saturated rings. The number of hydrogen-bond acceptors (Lipinski definition) is 3. The molecular weight excluding hydrogens is 289 g/mol. The van der Waals surface area contributed by atoms with Gasteiger partial charge in [0.1, 0.15) is 5.82 Å². The summed E-state index contributed by atoms with van der Waals surface area (Å²) < 4.78 is 13.1. The van der Waals surface area contributed by atoms with Crippen LogP contribution in [0.4, 0.5) is 4.39 Å². The second-order valence-corrected chi connectivity index (χ2v) is 6.06. The Morgan fingerprint density at radius 2 is 1.82 bits per heavy atom. The van der Waals surface area contributed by atoms with Crippen molar-refractivity contribution in [2.24, 2.45) is 0 Å². The summed E-state index contributed by atoms with van der Waals surface area (Å²) in [5.74, 6) is -2.08. The van der Waals surface area contributed by atoms with E-state index in [2.05, 4.69) is 5.32 Å². The largest absolute Gasteiger partial charge is 0.479 e. The van der Waals surface area contributed by atoms with Crippen molar-refractivity contribution in [1.29, 1.82) is 0 Å². The first-order valence-corrected chi connectivity index (χ1v) is 7.28. The Bertz CT molecular complexity index is 562. The van der Waals surface area contributed by atoms with Gasteiger partial charge in [-0.3, -0.25) is 4.79 Å². The molecular formula is C16H20FNO4. The van der Waals surface area contributed by atoms with E-state index in [0.29, 0.717) is 12.8 Å². The van der Waals surface area contributed by atoms with E-state index in [1.165, 1.54) is 12.1 Å². The van der Waals surface area contributed by atoms with Gasteiger partial charge in [0.25, 0.3) is 0 Å². The number of aliphatic carboxylic acids is 1. The zero-order valence-corrected chi connectivity index (χ0v) is 12.4. The van der Waals surface area contributed by atoms with Gasteiger partial charge in [0.15, 0.2) is 5.60 Å².